The molecule has 0 bridgehead atoms. The highest BCUT2D eigenvalue weighted by atomic mass is 32.5. The molecule has 15 heavy (non-hydrogen) atoms. The van der Waals surface area contributed by atoms with E-state index in [0.29, 0.717) is 0 Å². The van der Waals surface area contributed by atoms with Crippen LogP contribution in [0.1, 0.15) is 18.1 Å². The Morgan fingerprint density at radius 3 is 2.33 bits per heavy atom. The van der Waals surface area contributed by atoms with E-state index >= 15 is 0 Å². The van der Waals surface area contributed by atoms with Crippen molar-refractivity contribution in [1.82, 2.24) is 0 Å². The Kier molecular flexibility index (Phi) is 6.34. The fourth-order valence-corrected chi connectivity index (χ4v) is 0.861. The van der Waals surface area contributed by atoms with E-state index in [1.165, 1.54) is 5.56 Å². The van der Waals surface area contributed by atoms with Crippen molar-refractivity contribution in [2.75, 3.05) is 0 Å². The molecule has 0 unspecified atom stereocenters. The van der Waals surface area contributed by atoms with Crippen molar-refractivity contribution in [2.24, 2.45) is 0 Å². The van der Waals surface area contributed by atoms with E-state index in [4.69, 9.17) is 19.9 Å². The molecule has 0 saturated carbocycles. The lowest BCUT2D eigenvalue weighted by molar-refractivity contribution is 0.363. The number of nitriles is 1. The molecule has 0 amide bonds. The number of hydrogen-bond donors (Lipinski definition) is 3. The van der Waals surface area contributed by atoms with Crippen molar-refractivity contribution in [3.8, 4) is 6.07 Å². The van der Waals surface area contributed by atoms with Crippen LogP contribution in [-0.4, -0.2) is 14.7 Å². The van der Waals surface area contributed by atoms with Crippen LogP contribution in [0.15, 0.2) is 24.3 Å². The lowest BCUT2D eigenvalue weighted by atomic mass is 10.1. The lowest BCUT2D eigenvalue weighted by Crippen LogP contribution is -1.80. The maximum Gasteiger partial charge on any atom is 0.319 e. The molecule has 1 aromatic rings. The zero-order valence-corrected chi connectivity index (χ0v) is 9.87. The summed E-state index contributed by atoms with van der Waals surface area (Å²) in [5.41, 5.74) is 1.97. The van der Waals surface area contributed by atoms with Crippen LogP contribution in [0.2, 0.25) is 0 Å². The summed E-state index contributed by atoms with van der Waals surface area (Å²) >= 11 is 3.60. The monoisotopic (exact) mass is 245 g/mol. The molecule has 1 rings (SSSR count). The first-order valence-electron chi connectivity index (χ1n) is 4.14. The Morgan fingerprint density at radius 2 is 1.93 bits per heavy atom. The Hall–Kier alpha value is -0.760. The zero-order valence-electron chi connectivity index (χ0n) is 8.16. The molecule has 82 valence electrons. The standard InChI is InChI=1S/C9H9N.H3O3PS/c1-2-8-4-3-5-9(6-8)7-10;1-4(2,3)5/h3-6H,2H2,1H3;(H3,1,2,3,5). The van der Waals surface area contributed by atoms with E-state index in [2.05, 4.69) is 24.8 Å². The molecule has 0 saturated heterocycles. The van der Waals surface area contributed by atoms with Gasteiger partial charge < -0.3 is 14.7 Å². The highest BCUT2D eigenvalue weighted by Crippen LogP contribution is 2.26. The SMILES string of the molecule is CCc1cccc(C#N)c1.OP(O)(O)=S. The van der Waals surface area contributed by atoms with Crippen molar-refractivity contribution in [2.45, 2.75) is 13.3 Å². The van der Waals surface area contributed by atoms with Gasteiger partial charge in [-0.15, -0.1) is 0 Å². The Balaban J connectivity index is 0.000000336. The van der Waals surface area contributed by atoms with Crippen molar-refractivity contribution >= 4 is 18.5 Å². The summed E-state index contributed by atoms with van der Waals surface area (Å²) in [7, 11) is 0. The van der Waals surface area contributed by atoms with E-state index in [1.54, 1.807) is 0 Å². The van der Waals surface area contributed by atoms with Gasteiger partial charge in [-0.2, -0.15) is 5.26 Å². The van der Waals surface area contributed by atoms with Crippen LogP contribution in [0.3, 0.4) is 0 Å². The van der Waals surface area contributed by atoms with Gasteiger partial charge >= 0.3 is 6.72 Å². The second-order valence-corrected chi connectivity index (χ2v) is 5.18. The zero-order chi connectivity index (χ0) is 11.9. The molecule has 0 heterocycles. The molecule has 1 aromatic carbocycles. The predicted molar refractivity (Wildman–Crippen MR) is 61.5 cm³/mol. The molecule has 0 aliphatic rings. The van der Waals surface area contributed by atoms with Crippen molar-refractivity contribution in [3.63, 3.8) is 0 Å². The van der Waals surface area contributed by atoms with Gasteiger partial charge in [0, 0.05) is 0 Å². The first-order valence-corrected chi connectivity index (χ1v) is 6.80. The summed E-state index contributed by atoms with van der Waals surface area (Å²) in [6.45, 7) is -1.73. The molecular formula is C9H12NO3PS. The first kappa shape index (κ1) is 14.2. The maximum atomic E-state index is 8.51. The molecule has 0 radical (unpaired) electrons. The molecule has 0 fully saturated rings. The molecule has 0 aliphatic carbocycles. The second kappa shape index (κ2) is 6.67. The maximum absolute atomic E-state index is 8.51. The van der Waals surface area contributed by atoms with E-state index in [1.807, 2.05) is 24.3 Å². The van der Waals surface area contributed by atoms with Crippen molar-refractivity contribution in [1.29, 1.82) is 5.26 Å². The highest BCUT2D eigenvalue weighted by Gasteiger charge is 1.92. The number of nitrogens with zero attached hydrogens (tertiary/aromatic N) is 1. The summed E-state index contributed by atoms with van der Waals surface area (Å²) in [5, 5.41) is 8.51. The molecule has 0 atom stereocenters. The minimum atomic E-state index is -3.81. The quantitative estimate of drug-likeness (QED) is 0.649. The van der Waals surface area contributed by atoms with Gasteiger partial charge in [-0.1, -0.05) is 19.1 Å². The number of benzene rings is 1. The molecule has 4 nitrogen and oxygen atoms in total. The van der Waals surface area contributed by atoms with Crippen LogP contribution in [0, 0.1) is 11.3 Å². The minimum absolute atomic E-state index is 0.749. The molecule has 0 spiro atoms. The third kappa shape index (κ3) is 9.54. The lowest BCUT2D eigenvalue weighted by Gasteiger charge is -1.93. The predicted octanol–water partition coefficient (Wildman–Crippen LogP) is 1.31. The van der Waals surface area contributed by atoms with Gasteiger partial charge in [0.1, 0.15) is 0 Å². The van der Waals surface area contributed by atoms with Gasteiger partial charge in [0.15, 0.2) is 0 Å². The van der Waals surface area contributed by atoms with Gasteiger partial charge in [0.2, 0.25) is 0 Å². The number of aryl methyl sites for hydroxylation is 1. The highest BCUT2D eigenvalue weighted by molar-refractivity contribution is 8.06. The van der Waals surface area contributed by atoms with Crippen LogP contribution in [0.25, 0.3) is 0 Å². The molecule has 3 N–H and O–H groups in total. The molecule has 6 heteroatoms. The van der Waals surface area contributed by atoms with Crippen LogP contribution in [-0.2, 0) is 18.2 Å². The largest absolute Gasteiger partial charge is 0.325 e. The first-order chi connectivity index (χ1) is 6.86. The number of rotatable bonds is 1. The van der Waals surface area contributed by atoms with Crippen molar-refractivity contribution in [3.05, 3.63) is 35.4 Å². The van der Waals surface area contributed by atoms with Gasteiger partial charge in [0.25, 0.3) is 0 Å². The molecular weight excluding hydrogens is 233 g/mol. The van der Waals surface area contributed by atoms with Crippen LogP contribution >= 0.6 is 6.72 Å². The fraction of sp³-hybridized carbons (Fsp3) is 0.222. The average Bonchev–Trinajstić information content (AvgIpc) is 2.15. The Morgan fingerprint density at radius 1 is 1.40 bits per heavy atom. The third-order valence-corrected chi connectivity index (χ3v) is 1.46. The fourth-order valence-electron chi connectivity index (χ4n) is 0.861. The minimum Gasteiger partial charge on any atom is -0.325 e. The van der Waals surface area contributed by atoms with E-state index in [9.17, 15) is 0 Å². The average molecular weight is 245 g/mol. The van der Waals surface area contributed by atoms with Crippen LogP contribution < -0.4 is 0 Å². The van der Waals surface area contributed by atoms with Crippen LogP contribution in [0.5, 0.6) is 0 Å². The van der Waals surface area contributed by atoms with E-state index < -0.39 is 6.72 Å². The second-order valence-electron chi connectivity index (χ2n) is 2.68. The Labute approximate surface area is 93.7 Å². The third-order valence-electron chi connectivity index (χ3n) is 1.46. The summed E-state index contributed by atoms with van der Waals surface area (Å²) in [5.74, 6) is 0. The summed E-state index contributed by atoms with van der Waals surface area (Å²) < 4.78 is 0. The normalized spacial score (nSPS) is 9.80. The van der Waals surface area contributed by atoms with Crippen LogP contribution in [0.4, 0.5) is 0 Å². The van der Waals surface area contributed by atoms with E-state index in [-0.39, 0.29) is 0 Å². The topological polar surface area (TPSA) is 84.5 Å². The molecule has 0 aromatic heterocycles. The summed E-state index contributed by atoms with van der Waals surface area (Å²) in [6, 6.07) is 9.78. The van der Waals surface area contributed by atoms with Gasteiger partial charge in [-0.3, -0.25) is 0 Å². The van der Waals surface area contributed by atoms with E-state index in [0.717, 1.165) is 12.0 Å². The number of hydrogen-bond acceptors (Lipinski definition) is 2. The molecule has 0 aliphatic heterocycles. The van der Waals surface area contributed by atoms with Gasteiger partial charge in [-0.05, 0) is 35.9 Å². The van der Waals surface area contributed by atoms with Gasteiger partial charge in [0.05, 0.1) is 11.6 Å². The van der Waals surface area contributed by atoms with Gasteiger partial charge in [-0.25, -0.2) is 0 Å². The smallest absolute Gasteiger partial charge is 0.319 e. The summed E-state index contributed by atoms with van der Waals surface area (Å²) in [4.78, 5) is 22.7. The Bertz CT molecular complexity index is 388. The summed E-state index contributed by atoms with van der Waals surface area (Å²) in [6.07, 6.45) is 0.996. The van der Waals surface area contributed by atoms with Crippen molar-refractivity contribution < 1.29 is 14.7 Å².